The van der Waals surface area contributed by atoms with E-state index in [0.717, 1.165) is 22.6 Å². The second kappa shape index (κ2) is 8.01. The van der Waals surface area contributed by atoms with Gasteiger partial charge in [-0.1, -0.05) is 24.3 Å². The van der Waals surface area contributed by atoms with Crippen LogP contribution in [0.4, 0.5) is 5.69 Å². The Morgan fingerprint density at radius 3 is 2.48 bits per heavy atom. The number of hydrogen-bond acceptors (Lipinski definition) is 3. The first kappa shape index (κ1) is 19.1. The predicted octanol–water partition coefficient (Wildman–Crippen LogP) is 5.09. The third kappa shape index (κ3) is 3.84. The van der Waals surface area contributed by atoms with Crippen molar-refractivity contribution in [1.29, 1.82) is 5.41 Å². The van der Waals surface area contributed by atoms with Crippen molar-refractivity contribution in [1.82, 2.24) is 4.57 Å². The monoisotopic (exact) mass is 402 g/mol. The summed E-state index contributed by atoms with van der Waals surface area (Å²) in [6.45, 7) is 2.99. The topological polar surface area (TPSA) is 83.9 Å². The molecule has 0 atom stereocenters. The van der Waals surface area contributed by atoms with Gasteiger partial charge in [0, 0.05) is 39.0 Å². The molecule has 146 valence electrons. The maximum atomic E-state index is 12.7. The normalized spacial score (nSPS) is 11.1. The zero-order chi connectivity index (χ0) is 20.4. The van der Waals surface area contributed by atoms with Gasteiger partial charge in [0.2, 0.25) is 0 Å². The van der Waals surface area contributed by atoms with E-state index in [1.54, 1.807) is 12.1 Å². The lowest BCUT2D eigenvalue weighted by molar-refractivity contribution is 0.102. The van der Waals surface area contributed by atoms with Crippen LogP contribution in [-0.4, -0.2) is 22.1 Å². The van der Waals surface area contributed by atoms with Crippen LogP contribution < -0.4 is 11.1 Å². The van der Waals surface area contributed by atoms with E-state index in [4.69, 9.17) is 11.1 Å². The van der Waals surface area contributed by atoms with Gasteiger partial charge in [-0.25, -0.2) is 0 Å². The number of rotatable bonds is 6. The zero-order valence-electron chi connectivity index (χ0n) is 16.1. The molecule has 0 saturated carbocycles. The SMILES string of the molecule is CCn1c2ccccc2c2ccc(NC(=O)c3ccc(SCC(=N)N)cc3)cc21. The number of benzene rings is 3. The van der Waals surface area contributed by atoms with Crippen molar-refractivity contribution in [2.75, 3.05) is 11.1 Å². The number of aryl methyl sites for hydroxylation is 1. The van der Waals surface area contributed by atoms with E-state index < -0.39 is 0 Å². The number of para-hydroxylation sites is 1. The number of thioether (sulfide) groups is 1. The number of hydrogen-bond donors (Lipinski definition) is 3. The molecule has 0 unspecified atom stereocenters. The molecule has 0 aliphatic rings. The van der Waals surface area contributed by atoms with E-state index in [0.29, 0.717) is 11.3 Å². The van der Waals surface area contributed by atoms with Crippen molar-refractivity contribution in [3.8, 4) is 0 Å². The van der Waals surface area contributed by atoms with Gasteiger partial charge in [-0.3, -0.25) is 10.2 Å². The number of fused-ring (bicyclic) bond motifs is 3. The molecule has 5 nitrogen and oxygen atoms in total. The lowest BCUT2D eigenvalue weighted by atomic mass is 10.1. The summed E-state index contributed by atoms with van der Waals surface area (Å²) in [6.07, 6.45) is 0. The zero-order valence-corrected chi connectivity index (χ0v) is 16.9. The maximum absolute atomic E-state index is 12.7. The Labute approximate surface area is 173 Å². The third-order valence-corrected chi connectivity index (χ3v) is 5.92. The number of carbonyl (C=O) groups is 1. The Bertz CT molecular complexity index is 1210. The van der Waals surface area contributed by atoms with E-state index in [1.807, 2.05) is 24.3 Å². The van der Waals surface area contributed by atoms with Gasteiger partial charge in [0.15, 0.2) is 0 Å². The van der Waals surface area contributed by atoms with Crippen molar-refractivity contribution in [2.45, 2.75) is 18.4 Å². The average Bonchev–Trinajstić information content (AvgIpc) is 3.05. The highest BCUT2D eigenvalue weighted by Crippen LogP contribution is 2.31. The van der Waals surface area contributed by atoms with Crippen LogP contribution in [0.2, 0.25) is 0 Å². The molecule has 0 saturated heterocycles. The summed E-state index contributed by atoms with van der Waals surface area (Å²) in [5.41, 5.74) is 9.06. The Morgan fingerprint density at radius 2 is 1.76 bits per heavy atom. The second-order valence-electron chi connectivity index (χ2n) is 6.79. The van der Waals surface area contributed by atoms with Crippen LogP contribution in [0.1, 0.15) is 17.3 Å². The molecule has 4 aromatic rings. The van der Waals surface area contributed by atoms with Crippen molar-refractivity contribution in [3.05, 3.63) is 72.3 Å². The molecule has 1 amide bonds. The lowest BCUT2D eigenvalue weighted by Crippen LogP contribution is -2.12. The molecule has 0 bridgehead atoms. The lowest BCUT2D eigenvalue weighted by Gasteiger charge is -2.08. The van der Waals surface area contributed by atoms with Gasteiger partial charge in [0.25, 0.3) is 5.91 Å². The average molecular weight is 403 g/mol. The van der Waals surface area contributed by atoms with Gasteiger partial charge in [-0.05, 0) is 49.4 Å². The van der Waals surface area contributed by atoms with Crippen molar-refractivity contribution in [2.24, 2.45) is 5.73 Å². The molecule has 0 fully saturated rings. The van der Waals surface area contributed by atoms with Gasteiger partial charge in [-0.2, -0.15) is 0 Å². The fraction of sp³-hybridized carbons (Fsp3) is 0.130. The molecule has 4 N–H and O–H groups in total. The summed E-state index contributed by atoms with van der Waals surface area (Å²) in [4.78, 5) is 13.7. The summed E-state index contributed by atoms with van der Waals surface area (Å²) in [6, 6.07) is 21.7. The van der Waals surface area contributed by atoms with Crippen LogP contribution in [0.3, 0.4) is 0 Å². The van der Waals surface area contributed by atoms with Crippen LogP contribution >= 0.6 is 11.8 Å². The van der Waals surface area contributed by atoms with E-state index in [-0.39, 0.29) is 11.7 Å². The molecule has 1 heterocycles. The molecule has 0 aliphatic heterocycles. The van der Waals surface area contributed by atoms with Crippen LogP contribution in [0, 0.1) is 5.41 Å². The molecule has 29 heavy (non-hydrogen) atoms. The molecule has 0 radical (unpaired) electrons. The number of nitrogens with one attached hydrogen (secondary N) is 2. The first-order valence-electron chi connectivity index (χ1n) is 9.45. The first-order chi connectivity index (χ1) is 14.1. The van der Waals surface area contributed by atoms with Gasteiger partial charge in [0.1, 0.15) is 5.84 Å². The highest BCUT2D eigenvalue weighted by atomic mass is 32.2. The van der Waals surface area contributed by atoms with Crippen LogP contribution in [-0.2, 0) is 6.54 Å². The minimum atomic E-state index is -0.147. The Morgan fingerprint density at radius 1 is 1.03 bits per heavy atom. The number of amidine groups is 1. The molecule has 1 aromatic heterocycles. The summed E-state index contributed by atoms with van der Waals surface area (Å²) in [7, 11) is 0. The summed E-state index contributed by atoms with van der Waals surface area (Å²) in [5.74, 6) is 0.431. The fourth-order valence-corrected chi connectivity index (χ4v) is 4.19. The highest BCUT2D eigenvalue weighted by molar-refractivity contribution is 8.00. The summed E-state index contributed by atoms with van der Waals surface area (Å²) >= 11 is 1.48. The van der Waals surface area contributed by atoms with Crippen molar-refractivity contribution in [3.63, 3.8) is 0 Å². The predicted molar refractivity (Wildman–Crippen MR) is 122 cm³/mol. The van der Waals surface area contributed by atoms with Crippen molar-refractivity contribution >= 4 is 51.0 Å². The fourth-order valence-electron chi connectivity index (χ4n) is 3.53. The molecular formula is C23H22N4OS. The van der Waals surface area contributed by atoms with Crippen LogP contribution in [0.15, 0.2) is 71.6 Å². The van der Waals surface area contributed by atoms with Crippen LogP contribution in [0.25, 0.3) is 21.8 Å². The number of amides is 1. The Balaban J connectivity index is 1.58. The molecule has 0 spiro atoms. The van der Waals surface area contributed by atoms with Gasteiger partial charge in [0.05, 0.1) is 11.3 Å². The number of carbonyl (C=O) groups excluding carboxylic acids is 1. The third-order valence-electron chi connectivity index (χ3n) is 4.86. The number of aromatic nitrogens is 1. The van der Waals surface area contributed by atoms with Crippen molar-refractivity contribution < 1.29 is 4.79 Å². The standard InChI is InChI=1S/C23H22N4OS/c1-2-27-20-6-4-3-5-18(20)19-12-9-16(13-21(19)27)26-23(28)15-7-10-17(11-8-15)29-14-22(24)25/h3-13H,2,14H2,1H3,(H3,24,25)(H,26,28). The number of nitrogens with zero attached hydrogens (tertiary/aromatic N) is 1. The minimum absolute atomic E-state index is 0.136. The second-order valence-corrected chi connectivity index (χ2v) is 7.83. The molecule has 6 heteroatoms. The Kier molecular flexibility index (Phi) is 5.27. The molecule has 4 rings (SSSR count). The largest absolute Gasteiger partial charge is 0.387 e. The minimum Gasteiger partial charge on any atom is -0.387 e. The van der Waals surface area contributed by atoms with E-state index in [9.17, 15) is 4.79 Å². The van der Waals surface area contributed by atoms with Crippen LogP contribution in [0.5, 0.6) is 0 Å². The van der Waals surface area contributed by atoms with E-state index >= 15 is 0 Å². The number of nitrogens with two attached hydrogens (primary N) is 1. The molecule has 3 aromatic carbocycles. The van der Waals surface area contributed by atoms with Gasteiger partial charge in [-0.15, -0.1) is 11.8 Å². The van der Waals surface area contributed by atoms with E-state index in [1.165, 1.54) is 28.1 Å². The smallest absolute Gasteiger partial charge is 0.255 e. The quantitative estimate of drug-likeness (QED) is 0.238. The van der Waals surface area contributed by atoms with Gasteiger partial charge < -0.3 is 15.6 Å². The molecular weight excluding hydrogens is 380 g/mol. The highest BCUT2D eigenvalue weighted by Gasteiger charge is 2.11. The van der Waals surface area contributed by atoms with E-state index in [2.05, 4.69) is 47.1 Å². The van der Waals surface area contributed by atoms with Gasteiger partial charge >= 0.3 is 0 Å². The number of anilines is 1. The molecule has 0 aliphatic carbocycles. The summed E-state index contributed by atoms with van der Waals surface area (Å²) < 4.78 is 2.27. The first-order valence-corrected chi connectivity index (χ1v) is 10.4. The summed E-state index contributed by atoms with van der Waals surface area (Å²) in [5, 5.41) is 12.7. The Hall–Kier alpha value is -3.25. The maximum Gasteiger partial charge on any atom is 0.255 e.